The molecule has 12 rings (SSSR count). The Bertz CT molecular complexity index is 3450. The molecule has 4 heterocycles. The summed E-state index contributed by atoms with van der Waals surface area (Å²) < 4.78 is 7.42. The minimum absolute atomic E-state index is 0.653. The molecule has 0 saturated carbocycles. The van der Waals surface area contributed by atoms with Crippen LogP contribution in [0.3, 0.4) is 0 Å². The molecule has 0 unspecified atom stereocenters. The Morgan fingerprint density at radius 2 is 0.947 bits per heavy atom. The number of para-hydroxylation sites is 2. The number of nitrogens with zero attached hydrogens (tertiary/aromatic N) is 4. The highest BCUT2D eigenvalue weighted by Gasteiger charge is 2.21. The van der Waals surface area contributed by atoms with Gasteiger partial charge in [0.05, 0.1) is 11.0 Å². The summed E-state index contributed by atoms with van der Waals surface area (Å²) in [7, 11) is 0. The normalized spacial score (nSPS) is 11.9. The van der Waals surface area contributed by atoms with E-state index < -0.39 is 0 Å². The van der Waals surface area contributed by atoms with Crippen molar-refractivity contribution in [3.63, 3.8) is 0 Å². The largest absolute Gasteiger partial charge is 0.309 e. The lowest BCUT2D eigenvalue weighted by atomic mass is 9.97. The van der Waals surface area contributed by atoms with Crippen molar-refractivity contribution in [2.45, 2.75) is 0 Å². The fourth-order valence-corrected chi connectivity index (χ4v) is 10.9. The second kappa shape index (κ2) is 12.8. The van der Waals surface area contributed by atoms with Crippen LogP contribution >= 0.6 is 22.7 Å². The van der Waals surface area contributed by atoms with E-state index in [0.717, 1.165) is 33.5 Å². The molecule has 0 bridgehead atoms. The van der Waals surface area contributed by atoms with Gasteiger partial charge in [-0.25, -0.2) is 15.0 Å². The average molecular weight is 763 g/mol. The van der Waals surface area contributed by atoms with Gasteiger partial charge < -0.3 is 4.57 Å². The first-order chi connectivity index (χ1) is 28.2. The molecule has 266 valence electrons. The van der Waals surface area contributed by atoms with Crippen LogP contribution < -0.4 is 0 Å². The van der Waals surface area contributed by atoms with Crippen LogP contribution in [0.15, 0.2) is 182 Å². The van der Waals surface area contributed by atoms with E-state index in [1.165, 1.54) is 62.2 Å². The molecule has 4 aromatic heterocycles. The fraction of sp³-hybridized carbons (Fsp3) is 0. The van der Waals surface area contributed by atoms with Crippen LogP contribution in [0.5, 0.6) is 0 Å². The molecule has 8 aromatic carbocycles. The highest BCUT2D eigenvalue weighted by molar-refractivity contribution is 7.30. The number of hydrogen-bond acceptors (Lipinski definition) is 5. The summed E-state index contributed by atoms with van der Waals surface area (Å²) in [6.07, 6.45) is 0. The predicted molar refractivity (Wildman–Crippen MR) is 242 cm³/mol. The number of fused-ring (bicyclic) bond motifs is 10. The van der Waals surface area contributed by atoms with E-state index >= 15 is 0 Å². The van der Waals surface area contributed by atoms with Crippen molar-refractivity contribution in [3.8, 4) is 51.0 Å². The van der Waals surface area contributed by atoms with Crippen molar-refractivity contribution in [2.24, 2.45) is 0 Å². The Kier molecular flexibility index (Phi) is 7.24. The highest BCUT2D eigenvalue weighted by Crippen LogP contribution is 2.48. The molecule has 0 amide bonds. The van der Waals surface area contributed by atoms with Crippen molar-refractivity contribution >= 4 is 84.8 Å². The SMILES string of the molecule is c1ccc(-c2nc(-c3ccccc3)nc(-c3cc(-c4ccc5c6ccccc6n(-c6ccccc6)c5c4)cc4c3sc3ccc5c6ccccc6sc5c34)n2)cc1. The van der Waals surface area contributed by atoms with Gasteiger partial charge in [0, 0.05) is 73.5 Å². The third-order valence-corrected chi connectivity index (χ3v) is 13.4. The van der Waals surface area contributed by atoms with Crippen LogP contribution in [0.4, 0.5) is 0 Å². The van der Waals surface area contributed by atoms with E-state index in [9.17, 15) is 0 Å². The molecule has 6 heteroatoms. The second-order valence-corrected chi connectivity index (χ2v) is 16.5. The fourth-order valence-electron chi connectivity index (χ4n) is 8.41. The average Bonchev–Trinajstić information content (AvgIpc) is 3.96. The molecule has 0 aliphatic rings. The molecule has 4 nitrogen and oxygen atoms in total. The molecule has 12 aromatic rings. The van der Waals surface area contributed by atoms with Gasteiger partial charge in [-0.3, -0.25) is 0 Å². The lowest BCUT2D eigenvalue weighted by Gasteiger charge is -2.12. The Morgan fingerprint density at radius 1 is 0.351 bits per heavy atom. The molecule has 0 radical (unpaired) electrons. The summed E-state index contributed by atoms with van der Waals surface area (Å²) in [6.45, 7) is 0. The van der Waals surface area contributed by atoms with Gasteiger partial charge in [-0.2, -0.15) is 0 Å². The Morgan fingerprint density at radius 3 is 1.70 bits per heavy atom. The zero-order chi connectivity index (χ0) is 37.5. The Hall–Kier alpha value is -6.99. The molecular weight excluding hydrogens is 733 g/mol. The van der Waals surface area contributed by atoms with Gasteiger partial charge in [0.2, 0.25) is 0 Å². The first kappa shape index (κ1) is 32.3. The van der Waals surface area contributed by atoms with Crippen LogP contribution in [0.2, 0.25) is 0 Å². The van der Waals surface area contributed by atoms with Gasteiger partial charge in [-0.1, -0.05) is 133 Å². The smallest absolute Gasteiger partial charge is 0.165 e. The third kappa shape index (κ3) is 5.15. The molecule has 0 fully saturated rings. The molecule has 0 atom stereocenters. The first-order valence-electron chi connectivity index (χ1n) is 19.0. The topological polar surface area (TPSA) is 43.6 Å². The summed E-state index contributed by atoms with van der Waals surface area (Å²) in [5, 5.41) is 7.56. The van der Waals surface area contributed by atoms with E-state index in [4.69, 9.17) is 15.0 Å². The maximum absolute atomic E-state index is 5.27. The van der Waals surface area contributed by atoms with Crippen LogP contribution in [0.1, 0.15) is 0 Å². The quantitative estimate of drug-likeness (QED) is 0.175. The molecule has 0 N–H and O–H groups in total. The second-order valence-electron chi connectivity index (χ2n) is 14.4. The van der Waals surface area contributed by atoms with Gasteiger partial charge >= 0.3 is 0 Å². The minimum atomic E-state index is 0.653. The number of rotatable bonds is 5. The number of thiophene rings is 2. The highest BCUT2D eigenvalue weighted by atomic mass is 32.1. The van der Waals surface area contributed by atoms with Crippen molar-refractivity contribution in [3.05, 3.63) is 182 Å². The monoisotopic (exact) mass is 762 g/mol. The maximum atomic E-state index is 5.27. The van der Waals surface area contributed by atoms with E-state index in [1.54, 1.807) is 0 Å². The van der Waals surface area contributed by atoms with Crippen LogP contribution in [-0.2, 0) is 0 Å². The molecule has 0 spiro atoms. The summed E-state index contributed by atoms with van der Waals surface area (Å²) >= 11 is 3.70. The van der Waals surface area contributed by atoms with E-state index in [2.05, 4.69) is 150 Å². The third-order valence-electron chi connectivity index (χ3n) is 11.0. The number of benzene rings is 8. The van der Waals surface area contributed by atoms with Crippen LogP contribution in [0.25, 0.3) is 113 Å². The standard InChI is InChI=1S/C51H30N4S2/c1-4-14-31(15-5-1)49-52-50(32-16-6-2-7-17-32)54-51(53-49)41-29-34(28-40-46-45(57-47(40)41)27-26-39-38-21-11-13-23-44(38)56-48(39)46)33-24-25-37-36-20-10-12-22-42(36)55(43(37)30-33)35-18-8-3-9-19-35/h1-30H. The summed E-state index contributed by atoms with van der Waals surface area (Å²) in [5.41, 5.74) is 8.65. The van der Waals surface area contributed by atoms with E-state index in [-0.39, 0.29) is 0 Å². The Balaban J connectivity index is 1.18. The van der Waals surface area contributed by atoms with Crippen LogP contribution in [0, 0.1) is 0 Å². The van der Waals surface area contributed by atoms with Gasteiger partial charge in [-0.05, 0) is 59.7 Å². The number of aromatic nitrogens is 4. The summed E-state index contributed by atoms with van der Waals surface area (Å²) in [5.74, 6) is 1.97. The van der Waals surface area contributed by atoms with Gasteiger partial charge in [0.15, 0.2) is 17.5 Å². The van der Waals surface area contributed by atoms with Crippen LogP contribution in [-0.4, -0.2) is 19.5 Å². The predicted octanol–water partition coefficient (Wildman–Crippen LogP) is 14.4. The maximum Gasteiger partial charge on any atom is 0.165 e. The molecule has 0 aliphatic heterocycles. The zero-order valence-corrected chi connectivity index (χ0v) is 32.1. The minimum Gasteiger partial charge on any atom is -0.309 e. The Labute approximate surface area is 335 Å². The molecule has 57 heavy (non-hydrogen) atoms. The van der Waals surface area contributed by atoms with Crippen molar-refractivity contribution in [2.75, 3.05) is 0 Å². The zero-order valence-electron chi connectivity index (χ0n) is 30.4. The molecular formula is C51H30N4S2. The summed E-state index contributed by atoms with van der Waals surface area (Å²) in [6, 6.07) is 64.8. The van der Waals surface area contributed by atoms with Crippen molar-refractivity contribution < 1.29 is 0 Å². The van der Waals surface area contributed by atoms with Crippen molar-refractivity contribution in [1.29, 1.82) is 0 Å². The molecule has 0 aliphatic carbocycles. The lowest BCUT2D eigenvalue weighted by Crippen LogP contribution is -2.00. The van der Waals surface area contributed by atoms with Gasteiger partial charge in [0.1, 0.15) is 0 Å². The first-order valence-corrected chi connectivity index (χ1v) is 20.7. The lowest BCUT2D eigenvalue weighted by molar-refractivity contribution is 1.08. The van der Waals surface area contributed by atoms with E-state index in [0.29, 0.717) is 17.5 Å². The number of hydrogen-bond donors (Lipinski definition) is 0. The molecule has 0 saturated heterocycles. The van der Waals surface area contributed by atoms with Gasteiger partial charge in [-0.15, -0.1) is 22.7 Å². The van der Waals surface area contributed by atoms with Gasteiger partial charge in [0.25, 0.3) is 0 Å². The van der Waals surface area contributed by atoms with E-state index in [1.807, 2.05) is 59.1 Å². The van der Waals surface area contributed by atoms with Crippen molar-refractivity contribution in [1.82, 2.24) is 19.5 Å². The summed E-state index contributed by atoms with van der Waals surface area (Å²) in [4.78, 5) is 15.6.